The molecule has 0 radical (unpaired) electrons. The maximum absolute atomic E-state index is 12.8. The first-order valence-electron chi connectivity index (χ1n) is 9.44. The van der Waals surface area contributed by atoms with Crippen LogP contribution in [0.15, 0.2) is 67.0 Å². The minimum Gasteiger partial charge on any atom is -0.368 e. The van der Waals surface area contributed by atoms with E-state index in [0.29, 0.717) is 24.6 Å². The average molecular weight is 373 g/mol. The largest absolute Gasteiger partial charge is 0.368 e. The minimum atomic E-state index is -0.0184. The third kappa shape index (κ3) is 4.11. The zero-order valence-corrected chi connectivity index (χ0v) is 15.9. The van der Waals surface area contributed by atoms with E-state index in [1.54, 1.807) is 12.4 Å². The van der Waals surface area contributed by atoms with Gasteiger partial charge in [0, 0.05) is 49.9 Å². The number of benzene rings is 2. The zero-order chi connectivity index (χ0) is 19.3. The number of nitrogens with zero attached hydrogens (tertiary/aromatic N) is 4. The molecule has 142 valence electrons. The molecule has 6 nitrogen and oxygen atoms in total. The quantitative estimate of drug-likeness (QED) is 0.759. The molecule has 6 heteroatoms. The van der Waals surface area contributed by atoms with Crippen LogP contribution in [0, 0.1) is 6.92 Å². The van der Waals surface area contributed by atoms with Gasteiger partial charge in [-0.25, -0.2) is 9.97 Å². The molecule has 0 unspecified atom stereocenters. The van der Waals surface area contributed by atoms with Crippen molar-refractivity contribution in [1.82, 2.24) is 14.9 Å². The fourth-order valence-corrected chi connectivity index (χ4v) is 3.33. The molecule has 1 amide bonds. The summed E-state index contributed by atoms with van der Waals surface area (Å²) in [5.74, 6) is 0.460. The van der Waals surface area contributed by atoms with Crippen molar-refractivity contribution in [3.05, 3.63) is 78.1 Å². The Morgan fingerprint density at radius 2 is 1.64 bits per heavy atom. The van der Waals surface area contributed by atoms with Gasteiger partial charge in [0.2, 0.25) is 5.95 Å². The van der Waals surface area contributed by atoms with Crippen molar-refractivity contribution in [3.8, 4) is 0 Å². The molecule has 1 aliphatic rings. The van der Waals surface area contributed by atoms with E-state index < -0.39 is 0 Å². The standard InChI is InChI=1S/C22H23N5O/c1-17-6-5-9-20(14-17)26-10-12-27(13-11-26)21(28)18-15-23-22(24-16-18)25-19-7-3-2-4-8-19/h2-9,14-16H,10-13H2,1H3,(H,23,24,25). The van der Waals surface area contributed by atoms with Gasteiger partial charge in [0.25, 0.3) is 5.91 Å². The van der Waals surface area contributed by atoms with Crippen molar-refractivity contribution in [3.63, 3.8) is 0 Å². The molecular weight excluding hydrogens is 350 g/mol. The first kappa shape index (κ1) is 18.0. The fraction of sp³-hybridized carbons (Fsp3) is 0.227. The fourth-order valence-electron chi connectivity index (χ4n) is 3.33. The van der Waals surface area contributed by atoms with E-state index >= 15 is 0 Å². The maximum atomic E-state index is 12.8. The molecule has 2 heterocycles. The Kier molecular flexibility index (Phi) is 5.19. The molecule has 1 N–H and O–H groups in total. The lowest BCUT2D eigenvalue weighted by atomic mass is 10.2. The van der Waals surface area contributed by atoms with Gasteiger partial charge in [0.1, 0.15) is 0 Å². The topological polar surface area (TPSA) is 61.4 Å². The first-order chi connectivity index (χ1) is 13.7. The molecule has 3 aromatic rings. The number of amides is 1. The van der Waals surface area contributed by atoms with Crippen LogP contribution in [0.2, 0.25) is 0 Å². The van der Waals surface area contributed by atoms with Crippen LogP contribution in [0.1, 0.15) is 15.9 Å². The third-order valence-electron chi connectivity index (χ3n) is 4.86. The highest BCUT2D eigenvalue weighted by Gasteiger charge is 2.22. The SMILES string of the molecule is Cc1cccc(N2CCN(C(=O)c3cnc(Nc4ccccc4)nc3)CC2)c1. The maximum Gasteiger partial charge on any atom is 0.257 e. The molecule has 1 fully saturated rings. The Hall–Kier alpha value is -3.41. The van der Waals surface area contributed by atoms with Crippen molar-refractivity contribution in [1.29, 1.82) is 0 Å². The van der Waals surface area contributed by atoms with Crippen LogP contribution in [0.4, 0.5) is 17.3 Å². The number of hydrogen-bond donors (Lipinski definition) is 1. The van der Waals surface area contributed by atoms with Crippen LogP contribution in [-0.2, 0) is 0 Å². The molecule has 4 rings (SSSR count). The molecule has 0 spiro atoms. The van der Waals surface area contributed by atoms with Gasteiger partial charge in [-0.1, -0.05) is 30.3 Å². The highest BCUT2D eigenvalue weighted by Crippen LogP contribution is 2.19. The van der Waals surface area contributed by atoms with Crippen LogP contribution in [0.3, 0.4) is 0 Å². The summed E-state index contributed by atoms with van der Waals surface area (Å²) in [7, 11) is 0. The lowest BCUT2D eigenvalue weighted by Gasteiger charge is -2.36. The van der Waals surface area contributed by atoms with Crippen molar-refractivity contribution in [2.45, 2.75) is 6.92 Å². The summed E-state index contributed by atoms with van der Waals surface area (Å²) in [6.45, 7) is 5.13. The normalized spacial score (nSPS) is 14.0. The number of carbonyl (C=O) groups excluding carboxylic acids is 1. The summed E-state index contributed by atoms with van der Waals surface area (Å²) < 4.78 is 0. The van der Waals surface area contributed by atoms with Crippen LogP contribution in [0.25, 0.3) is 0 Å². The highest BCUT2D eigenvalue weighted by molar-refractivity contribution is 5.94. The molecule has 0 aliphatic carbocycles. The van der Waals surface area contributed by atoms with Crippen LogP contribution in [0.5, 0.6) is 0 Å². The van der Waals surface area contributed by atoms with E-state index in [1.165, 1.54) is 11.3 Å². The molecule has 1 aliphatic heterocycles. The molecule has 1 aromatic heterocycles. The van der Waals surface area contributed by atoms with Gasteiger partial charge in [-0.15, -0.1) is 0 Å². The van der Waals surface area contributed by atoms with Crippen LogP contribution < -0.4 is 10.2 Å². The second-order valence-corrected chi connectivity index (χ2v) is 6.90. The molecule has 28 heavy (non-hydrogen) atoms. The van der Waals surface area contributed by atoms with E-state index in [4.69, 9.17) is 0 Å². The number of piperazine rings is 1. The number of carbonyl (C=O) groups is 1. The summed E-state index contributed by atoms with van der Waals surface area (Å²) >= 11 is 0. The van der Waals surface area contributed by atoms with E-state index in [1.807, 2.05) is 35.2 Å². The number of nitrogens with one attached hydrogen (secondary N) is 1. The number of para-hydroxylation sites is 1. The van der Waals surface area contributed by atoms with Crippen molar-refractivity contribution < 1.29 is 4.79 Å². The Morgan fingerprint density at radius 3 is 2.32 bits per heavy atom. The summed E-state index contributed by atoms with van der Waals surface area (Å²) in [4.78, 5) is 25.5. The Labute approximate surface area is 164 Å². The minimum absolute atomic E-state index is 0.0184. The molecule has 0 bridgehead atoms. The number of aromatic nitrogens is 2. The van der Waals surface area contributed by atoms with E-state index in [9.17, 15) is 4.79 Å². The molecule has 0 atom stereocenters. The Morgan fingerprint density at radius 1 is 0.929 bits per heavy atom. The Balaban J connectivity index is 1.36. The lowest BCUT2D eigenvalue weighted by Crippen LogP contribution is -2.48. The smallest absolute Gasteiger partial charge is 0.257 e. The van der Waals surface area contributed by atoms with E-state index in [0.717, 1.165) is 18.8 Å². The summed E-state index contributed by atoms with van der Waals surface area (Å²) in [6.07, 6.45) is 3.18. The number of hydrogen-bond acceptors (Lipinski definition) is 5. The second kappa shape index (κ2) is 8.08. The summed E-state index contributed by atoms with van der Waals surface area (Å²) in [5, 5.41) is 3.12. The number of rotatable bonds is 4. The molecular formula is C22H23N5O. The van der Waals surface area contributed by atoms with Crippen molar-refractivity contribution in [2.24, 2.45) is 0 Å². The van der Waals surface area contributed by atoms with Gasteiger partial charge in [-0.05, 0) is 36.8 Å². The first-order valence-corrected chi connectivity index (χ1v) is 9.44. The molecule has 1 saturated heterocycles. The van der Waals surface area contributed by atoms with Gasteiger partial charge >= 0.3 is 0 Å². The van der Waals surface area contributed by atoms with Crippen LogP contribution >= 0.6 is 0 Å². The zero-order valence-electron chi connectivity index (χ0n) is 15.9. The summed E-state index contributed by atoms with van der Waals surface area (Å²) in [5.41, 5.74) is 3.89. The van der Waals surface area contributed by atoms with Gasteiger partial charge in [-0.3, -0.25) is 4.79 Å². The summed E-state index contributed by atoms with van der Waals surface area (Å²) in [6, 6.07) is 18.2. The van der Waals surface area contributed by atoms with Crippen molar-refractivity contribution in [2.75, 3.05) is 36.4 Å². The predicted octanol–water partition coefficient (Wildman–Crippen LogP) is 3.49. The molecule has 2 aromatic carbocycles. The number of aryl methyl sites for hydroxylation is 1. The van der Waals surface area contributed by atoms with Gasteiger partial charge in [0.05, 0.1) is 5.56 Å². The van der Waals surface area contributed by atoms with E-state index in [2.05, 4.69) is 51.4 Å². The lowest BCUT2D eigenvalue weighted by molar-refractivity contribution is 0.0746. The third-order valence-corrected chi connectivity index (χ3v) is 4.86. The van der Waals surface area contributed by atoms with Gasteiger partial charge < -0.3 is 15.1 Å². The number of anilines is 3. The average Bonchev–Trinajstić information content (AvgIpc) is 2.75. The monoisotopic (exact) mass is 373 g/mol. The van der Waals surface area contributed by atoms with Gasteiger partial charge in [-0.2, -0.15) is 0 Å². The second-order valence-electron chi connectivity index (χ2n) is 6.90. The van der Waals surface area contributed by atoms with Gasteiger partial charge in [0.15, 0.2) is 0 Å². The molecule has 0 saturated carbocycles. The Bertz CT molecular complexity index is 935. The predicted molar refractivity (Wildman–Crippen MR) is 111 cm³/mol. The van der Waals surface area contributed by atoms with Crippen molar-refractivity contribution >= 4 is 23.2 Å². The van der Waals surface area contributed by atoms with E-state index in [-0.39, 0.29) is 5.91 Å². The highest BCUT2D eigenvalue weighted by atomic mass is 16.2. The van der Waals surface area contributed by atoms with Crippen LogP contribution in [-0.4, -0.2) is 47.0 Å².